The minimum Gasteiger partial charge on any atom is -0.491 e. The fourth-order valence-electron chi connectivity index (χ4n) is 2.55. The maximum Gasteiger partial charge on any atom is 0.138 e. The summed E-state index contributed by atoms with van der Waals surface area (Å²) in [6, 6.07) is 9.81. The molecule has 1 N–H and O–H groups in total. The minimum atomic E-state index is -0.0732. The molecule has 0 atom stereocenters. The normalized spacial score (nSPS) is 11.4. The Bertz CT molecular complexity index is 838. The Hall–Kier alpha value is -1.85. The molecule has 3 aromatic rings. The summed E-state index contributed by atoms with van der Waals surface area (Å²) in [7, 11) is 0. The standard InChI is InChI=1S/C18H19BrN2O2/c1-11(2)23-14-6-4-13(5-7-14)18-16(10-22)21-9-15(19)12(3)8-17(21)20-18/h4-9,11,22H,10H2,1-3H3. The zero-order valence-corrected chi connectivity index (χ0v) is 15.0. The van der Waals surface area contributed by atoms with E-state index in [4.69, 9.17) is 4.74 Å². The van der Waals surface area contributed by atoms with Gasteiger partial charge >= 0.3 is 0 Å². The number of aliphatic hydroxyl groups excluding tert-OH is 1. The lowest BCUT2D eigenvalue weighted by atomic mass is 10.1. The molecule has 4 nitrogen and oxygen atoms in total. The lowest BCUT2D eigenvalue weighted by Crippen LogP contribution is -2.05. The number of pyridine rings is 1. The van der Waals surface area contributed by atoms with Crippen molar-refractivity contribution >= 4 is 21.6 Å². The van der Waals surface area contributed by atoms with Gasteiger partial charge in [0.15, 0.2) is 0 Å². The SMILES string of the molecule is Cc1cc2nc(-c3ccc(OC(C)C)cc3)c(CO)n2cc1Br. The quantitative estimate of drug-likeness (QED) is 0.738. The second-order valence-corrected chi connectivity index (χ2v) is 6.64. The van der Waals surface area contributed by atoms with E-state index in [1.165, 1.54) is 0 Å². The average molecular weight is 375 g/mol. The first-order valence-corrected chi connectivity index (χ1v) is 8.34. The molecule has 2 aromatic heterocycles. The van der Waals surface area contributed by atoms with Gasteiger partial charge in [-0.15, -0.1) is 0 Å². The Labute approximate surface area is 143 Å². The van der Waals surface area contributed by atoms with Crippen LogP contribution in [0.5, 0.6) is 5.75 Å². The number of aliphatic hydroxyl groups is 1. The summed E-state index contributed by atoms with van der Waals surface area (Å²) < 4.78 is 8.58. The maximum atomic E-state index is 9.80. The van der Waals surface area contributed by atoms with E-state index in [1.54, 1.807) is 0 Å². The number of hydrogen-bond donors (Lipinski definition) is 1. The van der Waals surface area contributed by atoms with Crippen LogP contribution in [0.3, 0.4) is 0 Å². The summed E-state index contributed by atoms with van der Waals surface area (Å²) in [6.07, 6.45) is 2.09. The summed E-state index contributed by atoms with van der Waals surface area (Å²) in [6.45, 7) is 5.95. The van der Waals surface area contributed by atoms with Crippen LogP contribution in [0.1, 0.15) is 25.1 Å². The molecule has 5 heteroatoms. The predicted molar refractivity (Wildman–Crippen MR) is 94.8 cm³/mol. The van der Waals surface area contributed by atoms with Crippen LogP contribution in [0.2, 0.25) is 0 Å². The molecule has 0 unspecified atom stereocenters. The van der Waals surface area contributed by atoms with E-state index >= 15 is 0 Å². The van der Waals surface area contributed by atoms with E-state index in [9.17, 15) is 5.11 Å². The van der Waals surface area contributed by atoms with E-state index in [-0.39, 0.29) is 12.7 Å². The number of halogens is 1. The average Bonchev–Trinajstić information content (AvgIpc) is 2.85. The topological polar surface area (TPSA) is 46.8 Å². The molecule has 0 fully saturated rings. The van der Waals surface area contributed by atoms with Crippen molar-refractivity contribution in [3.8, 4) is 17.0 Å². The molecule has 0 amide bonds. The third kappa shape index (κ3) is 3.12. The number of ether oxygens (including phenoxy) is 1. The van der Waals surface area contributed by atoms with Gasteiger partial charge in [0.25, 0.3) is 0 Å². The summed E-state index contributed by atoms with van der Waals surface area (Å²) in [5.74, 6) is 0.830. The Morgan fingerprint density at radius 2 is 1.96 bits per heavy atom. The molecule has 0 radical (unpaired) electrons. The molecule has 1 aromatic carbocycles. The van der Waals surface area contributed by atoms with E-state index < -0.39 is 0 Å². The van der Waals surface area contributed by atoms with E-state index in [0.717, 1.165) is 38.4 Å². The van der Waals surface area contributed by atoms with Crippen LogP contribution in [0.4, 0.5) is 0 Å². The first-order chi connectivity index (χ1) is 11.0. The van der Waals surface area contributed by atoms with Gasteiger partial charge in [-0.1, -0.05) is 0 Å². The van der Waals surface area contributed by atoms with Gasteiger partial charge in [-0.2, -0.15) is 0 Å². The Morgan fingerprint density at radius 3 is 2.57 bits per heavy atom. The maximum absolute atomic E-state index is 9.80. The fraction of sp³-hybridized carbons (Fsp3) is 0.278. The van der Waals surface area contributed by atoms with Gasteiger partial charge in [0.2, 0.25) is 0 Å². The molecule has 0 saturated heterocycles. The largest absolute Gasteiger partial charge is 0.491 e. The van der Waals surface area contributed by atoms with Gasteiger partial charge < -0.3 is 9.84 Å². The van der Waals surface area contributed by atoms with E-state index in [2.05, 4.69) is 20.9 Å². The molecule has 0 aliphatic rings. The third-order valence-corrected chi connectivity index (χ3v) is 4.48. The van der Waals surface area contributed by atoms with Gasteiger partial charge in [0, 0.05) is 16.2 Å². The van der Waals surface area contributed by atoms with Gasteiger partial charge in [-0.05, 0) is 72.6 Å². The van der Waals surface area contributed by atoms with Crippen LogP contribution in [0.15, 0.2) is 41.0 Å². The van der Waals surface area contributed by atoms with Gasteiger partial charge in [-0.3, -0.25) is 4.40 Å². The molecular formula is C18H19BrN2O2. The number of fused-ring (bicyclic) bond motifs is 1. The minimum absolute atomic E-state index is 0.0732. The van der Waals surface area contributed by atoms with Gasteiger partial charge in [-0.25, -0.2) is 4.98 Å². The highest BCUT2D eigenvalue weighted by Crippen LogP contribution is 2.28. The summed E-state index contributed by atoms with van der Waals surface area (Å²) in [5, 5.41) is 9.80. The second kappa shape index (κ2) is 6.34. The van der Waals surface area contributed by atoms with Crippen LogP contribution in [-0.4, -0.2) is 20.6 Å². The fourth-order valence-corrected chi connectivity index (χ4v) is 2.87. The molecule has 3 rings (SSSR count). The van der Waals surface area contributed by atoms with Crippen molar-refractivity contribution in [2.24, 2.45) is 0 Å². The molecular weight excluding hydrogens is 356 g/mol. The van der Waals surface area contributed by atoms with E-state index in [0.29, 0.717) is 0 Å². The van der Waals surface area contributed by atoms with E-state index in [1.807, 2.05) is 61.7 Å². The van der Waals surface area contributed by atoms with Crippen molar-refractivity contribution in [3.63, 3.8) is 0 Å². The Kier molecular flexibility index (Phi) is 4.41. The number of rotatable bonds is 4. The van der Waals surface area contributed by atoms with Gasteiger partial charge in [0.1, 0.15) is 11.4 Å². The van der Waals surface area contributed by atoms with Crippen molar-refractivity contribution in [1.29, 1.82) is 0 Å². The molecule has 0 spiro atoms. The van der Waals surface area contributed by atoms with Crippen LogP contribution >= 0.6 is 15.9 Å². The highest BCUT2D eigenvalue weighted by atomic mass is 79.9. The van der Waals surface area contributed by atoms with Crippen LogP contribution in [0.25, 0.3) is 16.9 Å². The number of benzene rings is 1. The summed E-state index contributed by atoms with van der Waals surface area (Å²) >= 11 is 3.53. The predicted octanol–water partition coefficient (Wildman–Crippen LogP) is 4.35. The molecule has 120 valence electrons. The number of nitrogens with zero attached hydrogens (tertiary/aromatic N) is 2. The lowest BCUT2D eigenvalue weighted by Gasteiger charge is -2.10. The molecule has 0 aliphatic heterocycles. The molecule has 2 heterocycles. The smallest absolute Gasteiger partial charge is 0.138 e. The molecule has 0 bridgehead atoms. The third-order valence-electron chi connectivity index (χ3n) is 3.65. The molecule has 23 heavy (non-hydrogen) atoms. The van der Waals surface area contributed by atoms with Gasteiger partial charge in [0.05, 0.1) is 24.1 Å². The zero-order valence-electron chi connectivity index (χ0n) is 13.4. The number of imidazole rings is 1. The van der Waals surface area contributed by atoms with Crippen molar-refractivity contribution in [3.05, 3.63) is 52.3 Å². The number of aromatic nitrogens is 2. The Morgan fingerprint density at radius 1 is 1.26 bits per heavy atom. The first-order valence-electron chi connectivity index (χ1n) is 7.54. The first kappa shape index (κ1) is 16.0. The lowest BCUT2D eigenvalue weighted by molar-refractivity contribution is 0.242. The van der Waals surface area contributed by atoms with Crippen molar-refractivity contribution in [2.45, 2.75) is 33.5 Å². The van der Waals surface area contributed by atoms with Crippen molar-refractivity contribution in [1.82, 2.24) is 9.38 Å². The van der Waals surface area contributed by atoms with Crippen molar-refractivity contribution in [2.75, 3.05) is 0 Å². The molecule has 0 aliphatic carbocycles. The number of hydrogen-bond acceptors (Lipinski definition) is 3. The van der Waals surface area contributed by atoms with Crippen LogP contribution in [0, 0.1) is 6.92 Å². The van der Waals surface area contributed by atoms with Crippen LogP contribution < -0.4 is 4.74 Å². The monoisotopic (exact) mass is 374 g/mol. The number of aryl methyl sites for hydroxylation is 1. The Balaban J connectivity index is 2.08. The van der Waals surface area contributed by atoms with Crippen LogP contribution in [-0.2, 0) is 6.61 Å². The zero-order chi connectivity index (χ0) is 16.6. The summed E-state index contributed by atoms with van der Waals surface area (Å²) in [5.41, 5.74) is 4.47. The van der Waals surface area contributed by atoms with Crippen molar-refractivity contribution < 1.29 is 9.84 Å². The summed E-state index contributed by atoms with van der Waals surface area (Å²) in [4.78, 5) is 4.69. The molecule has 0 saturated carbocycles. The highest BCUT2D eigenvalue weighted by molar-refractivity contribution is 9.10. The second-order valence-electron chi connectivity index (χ2n) is 5.79. The highest BCUT2D eigenvalue weighted by Gasteiger charge is 2.14.